The van der Waals surface area contributed by atoms with Crippen molar-refractivity contribution in [2.75, 3.05) is 0 Å². The van der Waals surface area contributed by atoms with E-state index < -0.39 is 0 Å². The summed E-state index contributed by atoms with van der Waals surface area (Å²) in [6.45, 7) is 4.53. The third-order valence-corrected chi connectivity index (χ3v) is 6.89. The molecular formula is C27H22FN3O2S. The van der Waals surface area contributed by atoms with E-state index in [1.165, 1.54) is 23.9 Å². The molecule has 0 bridgehead atoms. The Morgan fingerprint density at radius 3 is 2.50 bits per heavy atom. The normalized spacial score (nSPS) is 11.3. The minimum Gasteiger partial charge on any atom is -0.422 e. The molecule has 5 rings (SSSR count). The second-order valence-corrected chi connectivity index (χ2v) is 9.09. The number of thioether (sulfide) groups is 1. The average molecular weight is 472 g/mol. The molecule has 2 aromatic heterocycles. The highest BCUT2D eigenvalue weighted by atomic mass is 32.2. The van der Waals surface area contributed by atoms with Gasteiger partial charge >= 0.3 is 5.63 Å². The number of rotatable bonds is 6. The maximum Gasteiger partial charge on any atom is 0.336 e. The zero-order valence-electron chi connectivity index (χ0n) is 18.8. The maximum atomic E-state index is 13.5. The van der Waals surface area contributed by atoms with Gasteiger partial charge in [-0.3, -0.25) is 4.57 Å². The van der Waals surface area contributed by atoms with Crippen molar-refractivity contribution in [1.29, 1.82) is 0 Å². The molecule has 170 valence electrons. The second kappa shape index (κ2) is 9.27. The Kier molecular flexibility index (Phi) is 6.02. The molecule has 0 fully saturated rings. The van der Waals surface area contributed by atoms with Gasteiger partial charge in [0.15, 0.2) is 11.0 Å². The van der Waals surface area contributed by atoms with Crippen molar-refractivity contribution in [3.05, 3.63) is 111 Å². The minimum atomic E-state index is -0.366. The van der Waals surface area contributed by atoms with Gasteiger partial charge in [-0.25, -0.2) is 9.18 Å². The van der Waals surface area contributed by atoms with Crippen LogP contribution in [-0.2, 0) is 12.3 Å². The number of nitrogens with zero attached hydrogens (tertiary/aromatic N) is 3. The largest absolute Gasteiger partial charge is 0.422 e. The molecule has 0 aliphatic rings. The van der Waals surface area contributed by atoms with Crippen molar-refractivity contribution in [3.8, 4) is 11.4 Å². The van der Waals surface area contributed by atoms with Gasteiger partial charge in [-0.05, 0) is 60.4 Å². The molecule has 0 atom stereocenters. The average Bonchev–Trinajstić information content (AvgIpc) is 3.23. The van der Waals surface area contributed by atoms with Crippen LogP contribution in [0.2, 0.25) is 0 Å². The predicted molar refractivity (Wildman–Crippen MR) is 132 cm³/mol. The van der Waals surface area contributed by atoms with Gasteiger partial charge in [0.05, 0.1) is 6.54 Å². The van der Waals surface area contributed by atoms with E-state index in [1.807, 2.05) is 60.9 Å². The summed E-state index contributed by atoms with van der Waals surface area (Å²) in [7, 11) is 0. The van der Waals surface area contributed by atoms with E-state index in [4.69, 9.17) is 4.42 Å². The van der Waals surface area contributed by atoms with Gasteiger partial charge in [0.25, 0.3) is 0 Å². The molecule has 3 aromatic carbocycles. The predicted octanol–water partition coefficient (Wildman–Crippen LogP) is 6.15. The molecule has 0 aliphatic carbocycles. The molecule has 5 nitrogen and oxygen atoms in total. The number of benzene rings is 3. The highest BCUT2D eigenvalue weighted by Crippen LogP contribution is 2.30. The van der Waals surface area contributed by atoms with Gasteiger partial charge in [0.2, 0.25) is 0 Å². The highest BCUT2D eigenvalue weighted by molar-refractivity contribution is 7.98. The molecule has 0 N–H and O–H groups in total. The van der Waals surface area contributed by atoms with Crippen molar-refractivity contribution >= 4 is 22.7 Å². The first-order valence-electron chi connectivity index (χ1n) is 10.9. The fourth-order valence-electron chi connectivity index (χ4n) is 3.90. The molecule has 0 spiro atoms. The smallest absolute Gasteiger partial charge is 0.336 e. The lowest BCUT2D eigenvalue weighted by atomic mass is 10.0. The Balaban J connectivity index is 1.53. The van der Waals surface area contributed by atoms with Crippen molar-refractivity contribution < 1.29 is 8.81 Å². The first kappa shape index (κ1) is 22.1. The number of aryl methyl sites for hydroxylation is 2. The van der Waals surface area contributed by atoms with Crippen LogP contribution in [-0.4, -0.2) is 14.8 Å². The number of fused-ring (bicyclic) bond motifs is 1. The van der Waals surface area contributed by atoms with Crippen molar-refractivity contribution in [1.82, 2.24) is 14.8 Å². The third-order valence-electron chi connectivity index (χ3n) is 5.88. The minimum absolute atomic E-state index is 0.298. The standard InChI is InChI=1S/C27H22FN3O2S/c1-17-8-13-23-21(14-24(32)33-25(23)18(17)2)16-34-27-30-29-26(20-9-11-22(28)12-10-20)31(27)15-19-6-4-3-5-7-19/h3-14H,15-16H2,1-2H3. The Labute approximate surface area is 200 Å². The lowest BCUT2D eigenvalue weighted by molar-refractivity contribution is 0.557. The van der Waals surface area contributed by atoms with Gasteiger partial charge in [0, 0.05) is 22.8 Å². The molecule has 0 saturated carbocycles. The van der Waals surface area contributed by atoms with E-state index >= 15 is 0 Å². The summed E-state index contributed by atoms with van der Waals surface area (Å²) in [6.07, 6.45) is 0. The zero-order chi connectivity index (χ0) is 23.7. The monoisotopic (exact) mass is 471 g/mol. The summed E-state index contributed by atoms with van der Waals surface area (Å²) in [4.78, 5) is 12.3. The molecule has 34 heavy (non-hydrogen) atoms. The summed E-state index contributed by atoms with van der Waals surface area (Å²) < 4.78 is 21.0. The number of hydrogen-bond acceptors (Lipinski definition) is 5. The van der Waals surface area contributed by atoms with E-state index in [0.717, 1.165) is 33.2 Å². The molecule has 5 aromatic rings. The Morgan fingerprint density at radius 2 is 1.74 bits per heavy atom. The summed E-state index contributed by atoms with van der Waals surface area (Å²) in [5.41, 5.74) is 5.07. The maximum absolute atomic E-state index is 13.5. The Bertz CT molecular complexity index is 1530. The van der Waals surface area contributed by atoms with Crippen LogP contribution in [0.5, 0.6) is 0 Å². The van der Waals surface area contributed by atoms with Crippen molar-refractivity contribution in [2.45, 2.75) is 31.3 Å². The van der Waals surface area contributed by atoms with Crippen LogP contribution in [0.1, 0.15) is 22.3 Å². The number of hydrogen-bond donors (Lipinski definition) is 0. The van der Waals surface area contributed by atoms with Crippen LogP contribution < -0.4 is 5.63 Å². The lowest BCUT2D eigenvalue weighted by Gasteiger charge is -2.12. The summed E-state index contributed by atoms with van der Waals surface area (Å²) in [5, 5.41) is 10.5. The topological polar surface area (TPSA) is 60.9 Å². The zero-order valence-corrected chi connectivity index (χ0v) is 19.6. The van der Waals surface area contributed by atoms with Crippen LogP contribution in [0.3, 0.4) is 0 Å². The van der Waals surface area contributed by atoms with Gasteiger partial charge in [-0.15, -0.1) is 10.2 Å². The lowest BCUT2D eigenvalue weighted by Crippen LogP contribution is -2.05. The van der Waals surface area contributed by atoms with Crippen LogP contribution in [0.4, 0.5) is 4.39 Å². The molecule has 7 heteroatoms. The molecule has 0 amide bonds. The Morgan fingerprint density at radius 1 is 0.971 bits per heavy atom. The van der Waals surface area contributed by atoms with Gasteiger partial charge in [0.1, 0.15) is 11.4 Å². The van der Waals surface area contributed by atoms with Crippen molar-refractivity contribution in [2.24, 2.45) is 0 Å². The van der Waals surface area contributed by atoms with E-state index in [-0.39, 0.29) is 11.4 Å². The Hall–Kier alpha value is -3.71. The van der Waals surface area contributed by atoms with Crippen molar-refractivity contribution in [3.63, 3.8) is 0 Å². The third kappa shape index (κ3) is 4.39. The quantitative estimate of drug-likeness (QED) is 0.220. The van der Waals surface area contributed by atoms with E-state index in [0.29, 0.717) is 28.9 Å². The first-order chi connectivity index (χ1) is 16.5. The van der Waals surface area contributed by atoms with E-state index in [1.54, 1.807) is 18.2 Å². The molecule has 0 unspecified atom stereocenters. The summed E-state index contributed by atoms with van der Waals surface area (Å²) in [5.74, 6) is 0.893. The summed E-state index contributed by atoms with van der Waals surface area (Å²) in [6, 6.07) is 21.9. The van der Waals surface area contributed by atoms with Gasteiger partial charge < -0.3 is 4.42 Å². The molecule has 0 saturated heterocycles. The molecule has 2 heterocycles. The summed E-state index contributed by atoms with van der Waals surface area (Å²) >= 11 is 1.51. The first-order valence-corrected chi connectivity index (χ1v) is 11.9. The van der Waals surface area contributed by atoms with E-state index in [9.17, 15) is 9.18 Å². The molecule has 0 aliphatic heterocycles. The highest BCUT2D eigenvalue weighted by Gasteiger charge is 2.17. The van der Waals surface area contributed by atoms with Crippen LogP contribution >= 0.6 is 11.8 Å². The van der Waals surface area contributed by atoms with Crippen LogP contribution in [0.25, 0.3) is 22.4 Å². The van der Waals surface area contributed by atoms with Crippen LogP contribution in [0.15, 0.2) is 87.2 Å². The number of aromatic nitrogens is 3. The number of halogens is 1. The van der Waals surface area contributed by atoms with E-state index in [2.05, 4.69) is 10.2 Å². The fraction of sp³-hybridized carbons (Fsp3) is 0.148. The van der Waals surface area contributed by atoms with Crippen LogP contribution in [0, 0.1) is 19.7 Å². The van der Waals surface area contributed by atoms with Gasteiger partial charge in [-0.2, -0.15) is 0 Å². The van der Waals surface area contributed by atoms with Gasteiger partial charge in [-0.1, -0.05) is 54.2 Å². The molecule has 0 radical (unpaired) electrons. The fourth-order valence-corrected chi connectivity index (χ4v) is 4.83. The molecular weight excluding hydrogens is 449 g/mol. The second-order valence-electron chi connectivity index (χ2n) is 8.15. The SMILES string of the molecule is Cc1ccc2c(CSc3nnc(-c4ccc(F)cc4)n3Cc3ccccc3)cc(=O)oc2c1C.